The summed E-state index contributed by atoms with van der Waals surface area (Å²) in [5, 5.41) is 0. The van der Waals surface area contributed by atoms with Crippen molar-refractivity contribution in [2.45, 2.75) is 31.2 Å². The van der Waals surface area contributed by atoms with Gasteiger partial charge in [0.25, 0.3) is 15.9 Å². The molecular weight excluding hydrogens is 324 g/mol. The zero-order valence-corrected chi connectivity index (χ0v) is 14.6. The molecule has 2 aromatic rings. The van der Waals surface area contributed by atoms with Crippen molar-refractivity contribution in [3.8, 4) is 11.1 Å². The maximum Gasteiger partial charge on any atom is 0.264 e. The molecule has 0 fully saturated rings. The fourth-order valence-electron chi connectivity index (χ4n) is 2.36. The summed E-state index contributed by atoms with van der Waals surface area (Å²) in [6.07, 6.45) is 0.422. The lowest BCUT2D eigenvalue weighted by Crippen LogP contribution is -2.43. The Morgan fingerprint density at radius 2 is 1.67 bits per heavy atom. The Kier molecular flexibility index (Phi) is 5.75. The zero-order chi connectivity index (χ0) is 17.7. The van der Waals surface area contributed by atoms with Crippen LogP contribution in [-0.4, -0.2) is 20.4 Å². The molecule has 2 aromatic carbocycles. The Bertz CT molecular complexity index is 802. The van der Waals surface area contributed by atoms with Crippen molar-refractivity contribution in [3.63, 3.8) is 0 Å². The van der Waals surface area contributed by atoms with E-state index in [4.69, 9.17) is 5.73 Å². The number of carbonyl (C=O) groups is 1. The van der Waals surface area contributed by atoms with Crippen molar-refractivity contribution in [3.05, 3.63) is 54.6 Å². The summed E-state index contributed by atoms with van der Waals surface area (Å²) in [7, 11) is -3.95. The van der Waals surface area contributed by atoms with E-state index in [0.29, 0.717) is 6.42 Å². The molecule has 5 nitrogen and oxygen atoms in total. The maximum atomic E-state index is 12.4. The quantitative estimate of drug-likeness (QED) is 0.841. The molecule has 0 aliphatic heterocycles. The first-order chi connectivity index (χ1) is 11.3. The van der Waals surface area contributed by atoms with Gasteiger partial charge in [-0.1, -0.05) is 56.3 Å². The Morgan fingerprint density at radius 3 is 2.29 bits per heavy atom. The van der Waals surface area contributed by atoms with Crippen LogP contribution in [-0.2, 0) is 14.8 Å². The highest BCUT2D eigenvalue weighted by Gasteiger charge is 2.22. The summed E-state index contributed by atoms with van der Waals surface area (Å²) >= 11 is 0. The smallest absolute Gasteiger partial charge is 0.264 e. The van der Waals surface area contributed by atoms with Crippen LogP contribution < -0.4 is 10.5 Å². The van der Waals surface area contributed by atoms with Crippen LogP contribution in [0, 0.1) is 5.92 Å². The molecule has 0 unspecified atom stereocenters. The molecule has 2 rings (SSSR count). The van der Waals surface area contributed by atoms with Crippen molar-refractivity contribution < 1.29 is 13.2 Å². The number of carbonyl (C=O) groups excluding carboxylic acids is 1. The second-order valence-corrected chi connectivity index (χ2v) is 7.78. The van der Waals surface area contributed by atoms with E-state index in [2.05, 4.69) is 4.72 Å². The van der Waals surface area contributed by atoms with Crippen molar-refractivity contribution in [1.82, 2.24) is 4.72 Å². The third kappa shape index (κ3) is 4.66. The number of rotatable bonds is 6. The van der Waals surface area contributed by atoms with E-state index < -0.39 is 22.0 Å². The van der Waals surface area contributed by atoms with Gasteiger partial charge in [-0.2, -0.15) is 0 Å². The van der Waals surface area contributed by atoms with Gasteiger partial charge < -0.3 is 5.73 Å². The average Bonchev–Trinajstić information content (AvgIpc) is 2.55. The van der Waals surface area contributed by atoms with Gasteiger partial charge in [0, 0.05) is 0 Å². The van der Waals surface area contributed by atoms with Crippen LogP contribution in [0.1, 0.15) is 20.3 Å². The SMILES string of the molecule is CC(C)C[C@H](N)C(=O)NS(=O)(=O)c1cccc(-c2ccccc2)c1. The van der Waals surface area contributed by atoms with E-state index >= 15 is 0 Å². The lowest BCUT2D eigenvalue weighted by molar-refractivity contribution is -0.120. The van der Waals surface area contributed by atoms with Crippen LogP contribution in [0.25, 0.3) is 11.1 Å². The van der Waals surface area contributed by atoms with Crippen LogP contribution in [0.4, 0.5) is 0 Å². The summed E-state index contributed by atoms with van der Waals surface area (Å²) in [6.45, 7) is 3.84. The van der Waals surface area contributed by atoms with Gasteiger partial charge in [0.05, 0.1) is 10.9 Å². The van der Waals surface area contributed by atoms with Gasteiger partial charge in [-0.3, -0.25) is 4.79 Å². The summed E-state index contributed by atoms with van der Waals surface area (Å²) in [6, 6.07) is 15.0. The van der Waals surface area contributed by atoms with Gasteiger partial charge in [-0.05, 0) is 35.6 Å². The standard InChI is InChI=1S/C18H22N2O3S/c1-13(2)11-17(19)18(21)20-24(22,23)16-10-6-9-15(12-16)14-7-4-3-5-8-14/h3-10,12-13,17H,11,19H2,1-2H3,(H,20,21)/t17-/m0/s1. The minimum atomic E-state index is -3.95. The third-order valence-corrected chi connectivity index (χ3v) is 4.89. The van der Waals surface area contributed by atoms with Gasteiger partial charge in [0.1, 0.15) is 0 Å². The van der Waals surface area contributed by atoms with Crippen LogP contribution in [0.15, 0.2) is 59.5 Å². The summed E-state index contributed by atoms with van der Waals surface area (Å²) in [4.78, 5) is 12.0. The minimum Gasteiger partial charge on any atom is -0.320 e. The average molecular weight is 346 g/mol. The van der Waals surface area contributed by atoms with Gasteiger partial charge in [0.15, 0.2) is 0 Å². The highest BCUT2D eigenvalue weighted by atomic mass is 32.2. The van der Waals surface area contributed by atoms with Crippen LogP contribution in [0.2, 0.25) is 0 Å². The molecule has 0 radical (unpaired) electrons. The van der Waals surface area contributed by atoms with Gasteiger partial charge in [0.2, 0.25) is 0 Å². The lowest BCUT2D eigenvalue weighted by Gasteiger charge is -2.14. The number of nitrogens with one attached hydrogen (secondary N) is 1. The molecule has 3 N–H and O–H groups in total. The third-order valence-electron chi connectivity index (χ3n) is 3.55. The Hall–Kier alpha value is -2.18. The molecule has 0 aliphatic rings. The first-order valence-corrected chi connectivity index (χ1v) is 9.25. The molecule has 1 amide bonds. The minimum absolute atomic E-state index is 0.0361. The Morgan fingerprint density at radius 1 is 1.04 bits per heavy atom. The number of benzene rings is 2. The zero-order valence-electron chi connectivity index (χ0n) is 13.8. The largest absolute Gasteiger partial charge is 0.320 e. The summed E-state index contributed by atoms with van der Waals surface area (Å²) in [5.74, 6) is -0.483. The second-order valence-electron chi connectivity index (χ2n) is 6.10. The monoisotopic (exact) mass is 346 g/mol. The molecule has 0 saturated carbocycles. The number of hydrogen-bond acceptors (Lipinski definition) is 4. The normalized spacial score (nSPS) is 12.8. The van der Waals surface area contributed by atoms with Crippen LogP contribution in [0.3, 0.4) is 0 Å². The van der Waals surface area contributed by atoms with Crippen molar-refractivity contribution in [2.75, 3.05) is 0 Å². The fourth-order valence-corrected chi connectivity index (χ4v) is 3.43. The Balaban J connectivity index is 2.22. The predicted octanol–water partition coefficient (Wildman–Crippen LogP) is 2.53. The molecule has 128 valence electrons. The van der Waals surface area contributed by atoms with E-state index in [9.17, 15) is 13.2 Å². The molecule has 0 saturated heterocycles. The predicted molar refractivity (Wildman–Crippen MR) is 94.6 cm³/mol. The molecule has 6 heteroatoms. The number of nitrogens with two attached hydrogens (primary N) is 1. The summed E-state index contributed by atoms with van der Waals surface area (Å²) < 4.78 is 26.9. The number of sulfonamides is 1. The van der Waals surface area contributed by atoms with Crippen LogP contribution >= 0.6 is 0 Å². The van der Waals surface area contributed by atoms with Crippen molar-refractivity contribution in [1.29, 1.82) is 0 Å². The molecule has 0 heterocycles. The maximum absolute atomic E-state index is 12.4. The first-order valence-electron chi connectivity index (χ1n) is 7.77. The molecule has 1 atom stereocenters. The molecule has 0 aromatic heterocycles. The van der Waals surface area contributed by atoms with E-state index in [1.54, 1.807) is 12.1 Å². The van der Waals surface area contributed by atoms with E-state index in [1.807, 2.05) is 50.2 Å². The molecule has 0 bridgehead atoms. The van der Waals surface area contributed by atoms with Gasteiger partial charge in [-0.15, -0.1) is 0 Å². The van der Waals surface area contributed by atoms with Crippen LogP contribution in [0.5, 0.6) is 0 Å². The Labute approximate surface area is 142 Å². The molecule has 0 aliphatic carbocycles. The van der Waals surface area contributed by atoms with Gasteiger partial charge >= 0.3 is 0 Å². The molecule has 24 heavy (non-hydrogen) atoms. The lowest BCUT2D eigenvalue weighted by atomic mass is 10.0. The van der Waals surface area contributed by atoms with Gasteiger partial charge in [-0.25, -0.2) is 13.1 Å². The van der Waals surface area contributed by atoms with E-state index in [1.165, 1.54) is 6.07 Å². The molecular formula is C18H22N2O3S. The van der Waals surface area contributed by atoms with Crippen molar-refractivity contribution in [2.24, 2.45) is 11.7 Å². The first kappa shape index (κ1) is 18.2. The van der Waals surface area contributed by atoms with E-state index in [0.717, 1.165) is 11.1 Å². The number of hydrogen-bond donors (Lipinski definition) is 2. The number of amides is 1. The second kappa shape index (κ2) is 7.59. The van der Waals surface area contributed by atoms with E-state index in [-0.39, 0.29) is 10.8 Å². The fraction of sp³-hybridized carbons (Fsp3) is 0.278. The highest BCUT2D eigenvalue weighted by Crippen LogP contribution is 2.22. The summed E-state index contributed by atoms with van der Waals surface area (Å²) in [5.41, 5.74) is 7.41. The topological polar surface area (TPSA) is 89.3 Å². The van der Waals surface area contributed by atoms with Crippen molar-refractivity contribution >= 4 is 15.9 Å². The highest BCUT2D eigenvalue weighted by molar-refractivity contribution is 7.90. The molecule has 0 spiro atoms.